The Morgan fingerprint density at radius 3 is 2.23 bits per heavy atom. The number of aromatic nitrogens is 4. The summed E-state index contributed by atoms with van der Waals surface area (Å²) in [4.78, 5) is 4.41. The highest BCUT2D eigenvalue weighted by Crippen LogP contribution is 2.29. The molecule has 1 aliphatic rings. The maximum atomic E-state index is 13.2. The zero-order valence-electron chi connectivity index (χ0n) is 16.1. The molecule has 0 bridgehead atoms. The van der Waals surface area contributed by atoms with E-state index < -0.39 is 11.7 Å². The highest BCUT2D eigenvalue weighted by atomic mass is 19.4. The Morgan fingerprint density at radius 1 is 0.833 bits per heavy atom. The van der Waals surface area contributed by atoms with E-state index in [4.69, 9.17) is 0 Å². The fourth-order valence-electron chi connectivity index (χ4n) is 3.54. The highest BCUT2D eigenvalue weighted by Gasteiger charge is 2.30. The predicted octanol–water partition coefficient (Wildman–Crippen LogP) is 3.53. The molecule has 1 fully saturated rings. The summed E-state index contributed by atoms with van der Waals surface area (Å²) in [7, 11) is 0. The number of nitrogens with zero attached hydrogens (tertiary/aromatic N) is 6. The van der Waals surface area contributed by atoms with E-state index in [0.29, 0.717) is 18.1 Å². The first-order valence-corrected chi connectivity index (χ1v) is 9.58. The molecule has 4 rings (SSSR count). The molecule has 0 spiro atoms. The van der Waals surface area contributed by atoms with Crippen molar-refractivity contribution >= 4 is 5.69 Å². The van der Waals surface area contributed by atoms with Gasteiger partial charge in [-0.15, -0.1) is 5.10 Å². The third kappa shape index (κ3) is 4.59. The lowest BCUT2D eigenvalue weighted by molar-refractivity contribution is -0.137. The van der Waals surface area contributed by atoms with Crippen LogP contribution in [0.5, 0.6) is 0 Å². The van der Waals surface area contributed by atoms with Crippen LogP contribution in [0.4, 0.5) is 23.2 Å². The van der Waals surface area contributed by atoms with E-state index in [9.17, 15) is 17.6 Å². The smallest absolute Gasteiger partial charge is 0.370 e. The molecule has 3 aromatic rings. The first kappa shape index (κ1) is 20.3. The summed E-state index contributed by atoms with van der Waals surface area (Å²) in [6, 6.07) is 11.2. The van der Waals surface area contributed by atoms with Crippen LogP contribution in [0.2, 0.25) is 0 Å². The van der Waals surface area contributed by atoms with Crippen LogP contribution < -0.4 is 4.90 Å². The second kappa shape index (κ2) is 8.39. The molecular weight excluding hydrogens is 400 g/mol. The van der Waals surface area contributed by atoms with Gasteiger partial charge in [-0.2, -0.15) is 17.9 Å². The molecule has 1 saturated heterocycles. The number of alkyl halides is 3. The van der Waals surface area contributed by atoms with E-state index in [1.54, 1.807) is 12.1 Å². The third-order valence-electron chi connectivity index (χ3n) is 5.12. The van der Waals surface area contributed by atoms with Gasteiger partial charge in [-0.3, -0.25) is 4.90 Å². The van der Waals surface area contributed by atoms with Gasteiger partial charge in [-0.05, 0) is 65.4 Å². The Labute approximate surface area is 170 Å². The van der Waals surface area contributed by atoms with Gasteiger partial charge in [-0.1, -0.05) is 0 Å². The van der Waals surface area contributed by atoms with Crippen LogP contribution in [-0.2, 0) is 12.7 Å². The lowest BCUT2D eigenvalue weighted by Gasteiger charge is -2.23. The van der Waals surface area contributed by atoms with Gasteiger partial charge in [0, 0.05) is 31.9 Å². The zero-order chi connectivity index (χ0) is 21.1. The van der Waals surface area contributed by atoms with Crippen molar-refractivity contribution < 1.29 is 17.6 Å². The van der Waals surface area contributed by atoms with Gasteiger partial charge in [0.05, 0.1) is 17.8 Å². The second-order valence-corrected chi connectivity index (χ2v) is 7.14. The lowest BCUT2D eigenvalue weighted by Crippen LogP contribution is -2.31. The van der Waals surface area contributed by atoms with E-state index in [1.807, 2.05) is 0 Å². The number of hydrogen-bond donors (Lipinski definition) is 0. The summed E-state index contributed by atoms with van der Waals surface area (Å²) in [5, 5.41) is 11.7. The third-order valence-corrected chi connectivity index (χ3v) is 5.12. The van der Waals surface area contributed by atoms with Crippen LogP contribution >= 0.6 is 0 Å². The van der Waals surface area contributed by atoms with E-state index in [1.165, 1.54) is 28.9 Å². The predicted molar refractivity (Wildman–Crippen MR) is 103 cm³/mol. The minimum atomic E-state index is -4.38. The quantitative estimate of drug-likeness (QED) is 0.605. The van der Waals surface area contributed by atoms with Crippen LogP contribution in [0, 0.1) is 5.82 Å². The number of anilines is 1. The first-order chi connectivity index (χ1) is 14.4. The van der Waals surface area contributed by atoms with Crippen LogP contribution in [0.25, 0.3) is 5.69 Å². The summed E-state index contributed by atoms with van der Waals surface area (Å²) in [5.41, 5.74) is 0.743. The van der Waals surface area contributed by atoms with E-state index in [-0.39, 0.29) is 5.82 Å². The molecule has 0 atom stereocenters. The molecule has 0 radical (unpaired) electrons. The number of rotatable bonds is 4. The minimum absolute atomic E-state index is 0.259. The Bertz CT molecular complexity index is 968. The highest BCUT2D eigenvalue weighted by molar-refractivity contribution is 5.46. The molecule has 0 N–H and O–H groups in total. The van der Waals surface area contributed by atoms with Gasteiger partial charge in [0.2, 0.25) is 0 Å². The number of benzene rings is 2. The van der Waals surface area contributed by atoms with Gasteiger partial charge in [0.1, 0.15) is 5.82 Å². The molecule has 30 heavy (non-hydrogen) atoms. The molecule has 1 aliphatic heterocycles. The molecule has 2 heterocycles. The van der Waals surface area contributed by atoms with E-state index in [2.05, 4.69) is 25.3 Å². The average Bonchev–Trinajstić information content (AvgIpc) is 3.05. The van der Waals surface area contributed by atoms with Crippen molar-refractivity contribution in [2.45, 2.75) is 19.1 Å². The Kier molecular flexibility index (Phi) is 5.67. The molecule has 158 valence electrons. The number of tetrazole rings is 1. The number of halogens is 4. The van der Waals surface area contributed by atoms with Gasteiger partial charge in [0.15, 0.2) is 5.82 Å². The standard InChI is InChI=1S/C20H20F4N6/c21-16-4-8-17(9-5-16)29-11-1-10-28(12-13-29)14-19-25-26-27-30(19)18-6-2-15(3-7-18)20(22,23)24/h2-9H,1,10-14H2. The normalized spacial score (nSPS) is 15.9. The van der Waals surface area contributed by atoms with Crippen molar-refractivity contribution in [1.29, 1.82) is 0 Å². The summed E-state index contributed by atoms with van der Waals surface area (Å²) in [6.45, 7) is 3.69. The van der Waals surface area contributed by atoms with Crippen molar-refractivity contribution in [2.75, 3.05) is 31.1 Å². The first-order valence-electron chi connectivity index (χ1n) is 9.58. The van der Waals surface area contributed by atoms with Gasteiger partial charge in [0.25, 0.3) is 0 Å². The monoisotopic (exact) mass is 420 g/mol. The Morgan fingerprint density at radius 2 is 1.53 bits per heavy atom. The number of hydrogen-bond acceptors (Lipinski definition) is 5. The molecule has 0 saturated carbocycles. The largest absolute Gasteiger partial charge is 0.416 e. The van der Waals surface area contributed by atoms with Gasteiger partial charge < -0.3 is 4.90 Å². The maximum Gasteiger partial charge on any atom is 0.416 e. The lowest BCUT2D eigenvalue weighted by atomic mass is 10.2. The second-order valence-electron chi connectivity index (χ2n) is 7.14. The fourth-order valence-corrected chi connectivity index (χ4v) is 3.54. The molecule has 10 heteroatoms. The van der Waals surface area contributed by atoms with Crippen molar-refractivity contribution in [3.63, 3.8) is 0 Å². The van der Waals surface area contributed by atoms with E-state index >= 15 is 0 Å². The van der Waals surface area contributed by atoms with Crippen LogP contribution in [0.15, 0.2) is 48.5 Å². The maximum absolute atomic E-state index is 13.2. The fraction of sp³-hybridized carbons (Fsp3) is 0.350. The molecular formula is C20H20F4N6. The molecule has 1 aromatic heterocycles. The van der Waals surface area contributed by atoms with Crippen LogP contribution in [0.1, 0.15) is 17.8 Å². The van der Waals surface area contributed by atoms with Crippen LogP contribution in [-0.4, -0.2) is 51.3 Å². The molecule has 0 aliphatic carbocycles. The molecule has 2 aromatic carbocycles. The summed E-state index contributed by atoms with van der Waals surface area (Å²) >= 11 is 0. The summed E-state index contributed by atoms with van der Waals surface area (Å²) < 4.78 is 53.0. The summed E-state index contributed by atoms with van der Waals surface area (Å²) in [5.74, 6) is 0.301. The Hall–Kier alpha value is -3.01. The van der Waals surface area contributed by atoms with Crippen LogP contribution in [0.3, 0.4) is 0 Å². The molecule has 0 unspecified atom stereocenters. The van der Waals surface area contributed by atoms with Crippen molar-refractivity contribution in [1.82, 2.24) is 25.1 Å². The van der Waals surface area contributed by atoms with Crippen molar-refractivity contribution in [3.05, 3.63) is 65.7 Å². The van der Waals surface area contributed by atoms with E-state index in [0.717, 1.165) is 50.4 Å². The SMILES string of the molecule is Fc1ccc(N2CCCN(Cc3nnnn3-c3ccc(C(F)(F)F)cc3)CC2)cc1. The molecule has 0 amide bonds. The Balaban J connectivity index is 1.43. The average molecular weight is 420 g/mol. The zero-order valence-corrected chi connectivity index (χ0v) is 16.1. The minimum Gasteiger partial charge on any atom is -0.370 e. The molecule has 6 nitrogen and oxygen atoms in total. The topological polar surface area (TPSA) is 50.1 Å². The van der Waals surface area contributed by atoms with Crippen molar-refractivity contribution in [3.8, 4) is 5.69 Å². The van der Waals surface area contributed by atoms with Gasteiger partial charge >= 0.3 is 6.18 Å². The van der Waals surface area contributed by atoms with Gasteiger partial charge in [-0.25, -0.2) is 4.39 Å². The van der Waals surface area contributed by atoms with Crippen molar-refractivity contribution in [2.24, 2.45) is 0 Å². The summed E-state index contributed by atoms with van der Waals surface area (Å²) in [6.07, 6.45) is -3.47.